The van der Waals surface area contributed by atoms with Crippen molar-refractivity contribution in [1.29, 1.82) is 0 Å². The van der Waals surface area contributed by atoms with Crippen molar-refractivity contribution in [3.63, 3.8) is 0 Å². The Balaban J connectivity index is 2.83. The van der Waals surface area contributed by atoms with Crippen molar-refractivity contribution in [2.24, 2.45) is 5.92 Å². The fraction of sp³-hybridized carbons (Fsp3) is 0.667. The minimum absolute atomic E-state index is 0.162. The van der Waals surface area contributed by atoms with Crippen LogP contribution in [0, 0.1) is 12.8 Å². The van der Waals surface area contributed by atoms with E-state index in [9.17, 15) is 0 Å². The second-order valence-corrected chi connectivity index (χ2v) is 7.32. The van der Waals surface area contributed by atoms with Crippen LogP contribution in [0.5, 0.6) is 0 Å². The summed E-state index contributed by atoms with van der Waals surface area (Å²) in [5.74, 6) is 0.654. The molecule has 0 fully saturated rings. The number of nitrogens with one attached hydrogen (secondary N) is 1. The summed E-state index contributed by atoms with van der Waals surface area (Å²) in [7, 11) is 2.19. The SMILES string of the molecule is Cc1cc(CNC(C)(C)C)ccc1N(C)C(C)C(C)C. The van der Waals surface area contributed by atoms with E-state index < -0.39 is 0 Å². The van der Waals surface area contributed by atoms with Crippen LogP contribution in [0.4, 0.5) is 5.69 Å². The summed E-state index contributed by atoms with van der Waals surface area (Å²) in [6, 6.07) is 7.35. The number of hydrogen-bond acceptors (Lipinski definition) is 2. The Morgan fingerprint density at radius 1 is 1.15 bits per heavy atom. The van der Waals surface area contributed by atoms with Gasteiger partial charge >= 0.3 is 0 Å². The Morgan fingerprint density at radius 2 is 1.75 bits per heavy atom. The first-order valence-corrected chi connectivity index (χ1v) is 7.69. The summed E-state index contributed by atoms with van der Waals surface area (Å²) >= 11 is 0. The maximum absolute atomic E-state index is 3.54. The monoisotopic (exact) mass is 276 g/mol. The van der Waals surface area contributed by atoms with Gasteiger partial charge < -0.3 is 10.2 Å². The highest BCUT2D eigenvalue weighted by molar-refractivity contribution is 5.54. The molecule has 0 spiro atoms. The molecule has 1 aromatic carbocycles. The number of aryl methyl sites for hydroxylation is 1. The lowest BCUT2D eigenvalue weighted by atomic mass is 10.0. The molecule has 1 atom stereocenters. The first-order chi connectivity index (χ1) is 9.11. The van der Waals surface area contributed by atoms with Gasteiger partial charge in [-0.05, 0) is 57.7 Å². The highest BCUT2D eigenvalue weighted by atomic mass is 15.1. The highest BCUT2D eigenvalue weighted by Gasteiger charge is 2.15. The number of rotatable bonds is 5. The molecular formula is C18H32N2. The zero-order valence-corrected chi connectivity index (χ0v) is 14.5. The van der Waals surface area contributed by atoms with E-state index in [1.54, 1.807) is 0 Å². The maximum Gasteiger partial charge on any atom is 0.0396 e. The van der Waals surface area contributed by atoms with Gasteiger partial charge in [-0.3, -0.25) is 0 Å². The summed E-state index contributed by atoms with van der Waals surface area (Å²) in [6.45, 7) is 16.6. The van der Waals surface area contributed by atoms with Gasteiger partial charge in [0.2, 0.25) is 0 Å². The normalized spacial score (nSPS) is 13.7. The molecule has 2 heteroatoms. The Morgan fingerprint density at radius 3 is 2.20 bits per heavy atom. The molecule has 1 unspecified atom stereocenters. The average molecular weight is 276 g/mol. The summed E-state index contributed by atoms with van der Waals surface area (Å²) < 4.78 is 0. The Kier molecular flexibility index (Phi) is 5.64. The van der Waals surface area contributed by atoms with E-state index in [0.717, 1.165) is 6.54 Å². The number of nitrogens with zero attached hydrogens (tertiary/aromatic N) is 1. The quantitative estimate of drug-likeness (QED) is 0.859. The molecule has 0 aliphatic rings. The predicted octanol–water partition coefficient (Wildman–Crippen LogP) is 4.36. The van der Waals surface area contributed by atoms with E-state index in [2.05, 4.69) is 83.9 Å². The second-order valence-electron chi connectivity index (χ2n) is 7.32. The van der Waals surface area contributed by atoms with Crippen LogP contribution in [0.25, 0.3) is 0 Å². The van der Waals surface area contributed by atoms with Gasteiger partial charge in [0.1, 0.15) is 0 Å². The van der Waals surface area contributed by atoms with Crippen LogP contribution in [0.2, 0.25) is 0 Å². The molecule has 0 radical (unpaired) electrons. The summed E-state index contributed by atoms with van der Waals surface area (Å²) in [6.07, 6.45) is 0. The zero-order chi connectivity index (χ0) is 15.5. The van der Waals surface area contributed by atoms with Crippen LogP contribution in [0.1, 0.15) is 52.7 Å². The molecule has 1 rings (SSSR count). The molecule has 0 saturated heterocycles. The van der Waals surface area contributed by atoms with Crippen molar-refractivity contribution in [2.75, 3.05) is 11.9 Å². The Labute approximate surface area is 125 Å². The van der Waals surface area contributed by atoms with E-state index in [-0.39, 0.29) is 5.54 Å². The van der Waals surface area contributed by atoms with Crippen molar-refractivity contribution in [1.82, 2.24) is 5.32 Å². The third-order valence-corrected chi connectivity index (χ3v) is 4.04. The van der Waals surface area contributed by atoms with Gasteiger partial charge in [-0.15, -0.1) is 0 Å². The Hall–Kier alpha value is -1.02. The maximum atomic E-state index is 3.54. The van der Waals surface area contributed by atoms with E-state index in [1.807, 2.05) is 0 Å². The fourth-order valence-corrected chi connectivity index (χ4v) is 2.26. The summed E-state index contributed by atoms with van der Waals surface area (Å²) in [5, 5.41) is 3.54. The summed E-state index contributed by atoms with van der Waals surface area (Å²) in [5.41, 5.74) is 4.21. The van der Waals surface area contributed by atoms with Crippen molar-refractivity contribution >= 4 is 5.69 Å². The van der Waals surface area contributed by atoms with Crippen molar-refractivity contribution in [3.8, 4) is 0 Å². The third-order valence-electron chi connectivity index (χ3n) is 4.04. The molecule has 0 aliphatic carbocycles. The number of benzene rings is 1. The van der Waals surface area contributed by atoms with E-state index >= 15 is 0 Å². The number of anilines is 1. The molecule has 0 aromatic heterocycles. The van der Waals surface area contributed by atoms with Gasteiger partial charge in [0.25, 0.3) is 0 Å². The molecule has 0 heterocycles. The van der Waals surface area contributed by atoms with Gasteiger partial charge in [0.05, 0.1) is 0 Å². The van der Waals surface area contributed by atoms with Gasteiger partial charge in [0.15, 0.2) is 0 Å². The molecule has 0 saturated carbocycles. The Bertz CT molecular complexity index is 430. The first-order valence-electron chi connectivity index (χ1n) is 7.69. The van der Waals surface area contributed by atoms with Gasteiger partial charge in [0, 0.05) is 30.9 Å². The molecule has 0 amide bonds. The van der Waals surface area contributed by atoms with Crippen LogP contribution in [-0.2, 0) is 6.54 Å². The topological polar surface area (TPSA) is 15.3 Å². The lowest BCUT2D eigenvalue weighted by Gasteiger charge is -2.31. The van der Waals surface area contributed by atoms with Gasteiger partial charge in [-0.1, -0.05) is 26.0 Å². The number of hydrogen-bond donors (Lipinski definition) is 1. The molecule has 0 bridgehead atoms. The lowest BCUT2D eigenvalue weighted by Crippen LogP contribution is -2.35. The smallest absolute Gasteiger partial charge is 0.0396 e. The second kappa shape index (κ2) is 6.62. The van der Waals surface area contributed by atoms with Crippen LogP contribution in [-0.4, -0.2) is 18.6 Å². The van der Waals surface area contributed by atoms with E-state index in [1.165, 1.54) is 16.8 Å². The molecule has 114 valence electrons. The van der Waals surface area contributed by atoms with Gasteiger partial charge in [-0.2, -0.15) is 0 Å². The molecule has 1 N–H and O–H groups in total. The van der Waals surface area contributed by atoms with Crippen LogP contribution >= 0.6 is 0 Å². The van der Waals surface area contributed by atoms with Crippen molar-refractivity contribution < 1.29 is 0 Å². The molecular weight excluding hydrogens is 244 g/mol. The minimum atomic E-state index is 0.162. The molecule has 1 aromatic rings. The van der Waals surface area contributed by atoms with Crippen molar-refractivity contribution in [2.45, 2.75) is 66.6 Å². The molecule has 2 nitrogen and oxygen atoms in total. The van der Waals surface area contributed by atoms with Crippen LogP contribution in [0.15, 0.2) is 18.2 Å². The molecule has 0 aliphatic heterocycles. The summed E-state index contributed by atoms with van der Waals surface area (Å²) in [4.78, 5) is 2.39. The van der Waals surface area contributed by atoms with E-state index in [0.29, 0.717) is 12.0 Å². The van der Waals surface area contributed by atoms with Crippen LogP contribution < -0.4 is 10.2 Å². The standard InChI is InChI=1S/C18H32N2/c1-13(2)15(4)20(8)17-10-9-16(11-14(17)3)12-19-18(5,6)7/h9-11,13,15,19H,12H2,1-8H3. The fourth-order valence-electron chi connectivity index (χ4n) is 2.26. The lowest BCUT2D eigenvalue weighted by molar-refractivity contribution is 0.424. The highest BCUT2D eigenvalue weighted by Crippen LogP contribution is 2.24. The van der Waals surface area contributed by atoms with Gasteiger partial charge in [-0.25, -0.2) is 0 Å². The van der Waals surface area contributed by atoms with Crippen molar-refractivity contribution in [3.05, 3.63) is 29.3 Å². The third kappa shape index (κ3) is 4.82. The largest absolute Gasteiger partial charge is 0.371 e. The zero-order valence-electron chi connectivity index (χ0n) is 14.5. The van der Waals surface area contributed by atoms with E-state index in [4.69, 9.17) is 0 Å². The molecule has 20 heavy (non-hydrogen) atoms. The average Bonchev–Trinajstić information content (AvgIpc) is 2.33. The first kappa shape index (κ1) is 17.0. The predicted molar refractivity (Wildman–Crippen MR) is 90.5 cm³/mol. The van der Waals surface area contributed by atoms with Crippen LogP contribution in [0.3, 0.4) is 0 Å². The minimum Gasteiger partial charge on any atom is -0.371 e.